The van der Waals surface area contributed by atoms with Crippen LogP contribution in [0.3, 0.4) is 0 Å². The predicted octanol–water partition coefficient (Wildman–Crippen LogP) is 7.00. The quantitative estimate of drug-likeness (QED) is 0.485. The highest BCUT2D eigenvalue weighted by Gasteiger charge is 2.26. The van der Waals surface area contributed by atoms with Gasteiger partial charge in [-0.3, -0.25) is 0 Å². The number of benzene rings is 2. The fraction of sp³-hybridized carbons (Fsp3) is 0.391. The van der Waals surface area contributed by atoms with Gasteiger partial charge in [0.15, 0.2) is 0 Å². The smallest absolute Gasteiger partial charge is 0.0376 e. The Hall–Kier alpha value is -1.74. The molecule has 0 saturated heterocycles. The number of anilines is 2. The standard InChI is InChI=1S/C23H31BrN2/c1-6-23(4,21-16-19(24)11-13-22(21)25-5)14-8-9-18-10-12-20(26-7-2)15-17(18)3/h8-13,15-16,25-26H,6-7,14H2,1-5H3/b9-8+. The molecule has 0 aliphatic rings. The molecule has 0 aliphatic carbocycles. The summed E-state index contributed by atoms with van der Waals surface area (Å²) in [5, 5.41) is 6.72. The molecule has 0 amide bonds. The van der Waals surface area contributed by atoms with Crippen molar-refractivity contribution in [1.29, 1.82) is 0 Å². The lowest BCUT2D eigenvalue weighted by Crippen LogP contribution is -2.21. The van der Waals surface area contributed by atoms with Crippen molar-refractivity contribution in [3.8, 4) is 0 Å². The van der Waals surface area contributed by atoms with Crippen molar-refractivity contribution in [2.24, 2.45) is 0 Å². The molecular weight excluding hydrogens is 384 g/mol. The van der Waals surface area contributed by atoms with E-state index in [1.807, 2.05) is 7.05 Å². The number of rotatable bonds is 8. The van der Waals surface area contributed by atoms with Crippen LogP contribution >= 0.6 is 15.9 Å². The molecule has 0 heterocycles. The fourth-order valence-corrected chi connectivity index (χ4v) is 3.66. The highest BCUT2D eigenvalue weighted by molar-refractivity contribution is 9.10. The molecule has 0 spiro atoms. The zero-order valence-electron chi connectivity index (χ0n) is 16.6. The maximum absolute atomic E-state index is 3.63. The molecule has 2 aromatic carbocycles. The zero-order chi connectivity index (χ0) is 19.2. The van der Waals surface area contributed by atoms with E-state index < -0.39 is 0 Å². The van der Waals surface area contributed by atoms with Gasteiger partial charge in [-0.05, 0) is 79.1 Å². The van der Waals surface area contributed by atoms with Crippen LogP contribution < -0.4 is 10.6 Å². The number of aryl methyl sites for hydroxylation is 1. The fourth-order valence-electron chi connectivity index (χ4n) is 3.30. The topological polar surface area (TPSA) is 24.1 Å². The molecule has 2 nitrogen and oxygen atoms in total. The van der Waals surface area contributed by atoms with Gasteiger partial charge in [-0.25, -0.2) is 0 Å². The third kappa shape index (κ3) is 4.91. The molecule has 2 N–H and O–H groups in total. The molecule has 0 bridgehead atoms. The van der Waals surface area contributed by atoms with Crippen LogP contribution in [0.15, 0.2) is 46.9 Å². The van der Waals surface area contributed by atoms with Crippen LogP contribution in [-0.4, -0.2) is 13.6 Å². The lowest BCUT2D eigenvalue weighted by Gasteiger charge is -2.30. The van der Waals surface area contributed by atoms with Gasteiger partial charge in [0.25, 0.3) is 0 Å². The molecule has 26 heavy (non-hydrogen) atoms. The molecule has 140 valence electrons. The summed E-state index contributed by atoms with van der Waals surface area (Å²) < 4.78 is 1.13. The zero-order valence-corrected chi connectivity index (χ0v) is 18.2. The Morgan fingerprint density at radius 3 is 2.50 bits per heavy atom. The Kier molecular flexibility index (Phi) is 7.33. The van der Waals surface area contributed by atoms with E-state index in [4.69, 9.17) is 0 Å². The van der Waals surface area contributed by atoms with Crippen LogP contribution in [0.5, 0.6) is 0 Å². The molecule has 1 unspecified atom stereocenters. The van der Waals surface area contributed by atoms with E-state index in [9.17, 15) is 0 Å². The molecule has 0 aromatic heterocycles. The summed E-state index contributed by atoms with van der Waals surface area (Å²) in [6.45, 7) is 9.86. The summed E-state index contributed by atoms with van der Waals surface area (Å²) in [4.78, 5) is 0. The van der Waals surface area contributed by atoms with Gasteiger partial charge in [-0.2, -0.15) is 0 Å². The number of nitrogens with one attached hydrogen (secondary N) is 2. The molecular formula is C23H31BrN2. The molecule has 0 radical (unpaired) electrons. The first kappa shape index (κ1) is 20.6. The Morgan fingerprint density at radius 1 is 1.12 bits per heavy atom. The lowest BCUT2D eigenvalue weighted by molar-refractivity contribution is 0.463. The monoisotopic (exact) mass is 414 g/mol. The molecule has 1 atom stereocenters. The molecule has 0 aliphatic heterocycles. The summed E-state index contributed by atoms with van der Waals surface area (Å²) in [5.74, 6) is 0. The van der Waals surface area contributed by atoms with E-state index in [1.54, 1.807) is 0 Å². The summed E-state index contributed by atoms with van der Waals surface area (Å²) in [6.07, 6.45) is 6.67. The van der Waals surface area contributed by atoms with Crippen LogP contribution in [0.25, 0.3) is 6.08 Å². The van der Waals surface area contributed by atoms with Crippen molar-refractivity contribution < 1.29 is 0 Å². The SMILES string of the molecule is CCNc1ccc(/C=C/CC(C)(CC)c2cc(Br)ccc2NC)c(C)c1. The molecule has 3 heteroatoms. The largest absolute Gasteiger partial charge is 0.388 e. The maximum Gasteiger partial charge on any atom is 0.0376 e. The Bertz CT molecular complexity index is 767. The average Bonchev–Trinajstić information content (AvgIpc) is 2.63. The van der Waals surface area contributed by atoms with Crippen molar-refractivity contribution in [2.45, 2.75) is 46.0 Å². The van der Waals surface area contributed by atoms with E-state index in [-0.39, 0.29) is 5.41 Å². The van der Waals surface area contributed by atoms with Crippen LogP contribution in [0.4, 0.5) is 11.4 Å². The van der Waals surface area contributed by atoms with E-state index in [0.29, 0.717) is 0 Å². The minimum atomic E-state index is 0.0935. The summed E-state index contributed by atoms with van der Waals surface area (Å²) >= 11 is 3.63. The second-order valence-electron chi connectivity index (χ2n) is 7.06. The first-order valence-corrected chi connectivity index (χ1v) is 10.2. The van der Waals surface area contributed by atoms with Crippen LogP contribution in [0, 0.1) is 6.92 Å². The van der Waals surface area contributed by atoms with Crippen molar-refractivity contribution in [3.05, 3.63) is 63.6 Å². The van der Waals surface area contributed by atoms with Gasteiger partial charge in [0.05, 0.1) is 0 Å². The highest BCUT2D eigenvalue weighted by Crippen LogP contribution is 2.38. The van der Waals surface area contributed by atoms with Gasteiger partial charge in [0.1, 0.15) is 0 Å². The number of hydrogen-bond donors (Lipinski definition) is 2. The van der Waals surface area contributed by atoms with Crippen molar-refractivity contribution in [3.63, 3.8) is 0 Å². The van der Waals surface area contributed by atoms with Crippen molar-refractivity contribution >= 4 is 33.4 Å². The van der Waals surface area contributed by atoms with Crippen LogP contribution in [0.1, 0.15) is 50.3 Å². The first-order chi connectivity index (χ1) is 12.4. The lowest BCUT2D eigenvalue weighted by atomic mass is 9.76. The minimum Gasteiger partial charge on any atom is -0.388 e. The van der Waals surface area contributed by atoms with Gasteiger partial charge >= 0.3 is 0 Å². The predicted molar refractivity (Wildman–Crippen MR) is 120 cm³/mol. The highest BCUT2D eigenvalue weighted by atomic mass is 79.9. The maximum atomic E-state index is 3.63. The molecule has 2 aromatic rings. The molecule has 0 saturated carbocycles. The van der Waals surface area contributed by atoms with Gasteiger partial charge in [-0.15, -0.1) is 0 Å². The van der Waals surface area contributed by atoms with E-state index >= 15 is 0 Å². The minimum absolute atomic E-state index is 0.0935. The van der Waals surface area contributed by atoms with Crippen molar-refractivity contribution in [2.75, 3.05) is 24.2 Å². The second kappa shape index (κ2) is 9.27. The normalized spacial score (nSPS) is 13.6. The summed E-state index contributed by atoms with van der Waals surface area (Å²) in [7, 11) is 1.99. The molecule has 0 fully saturated rings. The van der Waals surface area contributed by atoms with Gasteiger partial charge in [0, 0.05) is 29.4 Å². The Labute approximate surface area is 167 Å². The summed E-state index contributed by atoms with van der Waals surface area (Å²) in [5.41, 5.74) is 6.44. The number of allylic oxidation sites excluding steroid dienone is 1. The average molecular weight is 415 g/mol. The number of hydrogen-bond acceptors (Lipinski definition) is 2. The van der Waals surface area contributed by atoms with Gasteiger partial charge in [0.2, 0.25) is 0 Å². The van der Waals surface area contributed by atoms with Gasteiger partial charge < -0.3 is 10.6 Å². The summed E-state index contributed by atoms with van der Waals surface area (Å²) in [6, 6.07) is 13.1. The Morgan fingerprint density at radius 2 is 1.88 bits per heavy atom. The van der Waals surface area contributed by atoms with Crippen LogP contribution in [0.2, 0.25) is 0 Å². The number of halogens is 1. The second-order valence-corrected chi connectivity index (χ2v) is 7.98. The van der Waals surface area contributed by atoms with Gasteiger partial charge in [-0.1, -0.05) is 48.0 Å². The third-order valence-electron chi connectivity index (χ3n) is 5.20. The Balaban J connectivity index is 2.23. The van der Waals surface area contributed by atoms with E-state index in [0.717, 1.165) is 23.9 Å². The van der Waals surface area contributed by atoms with E-state index in [2.05, 4.69) is 103 Å². The first-order valence-electron chi connectivity index (χ1n) is 9.42. The van der Waals surface area contributed by atoms with E-state index in [1.165, 1.54) is 28.1 Å². The van der Waals surface area contributed by atoms with Crippen LogP contribution in [-0.2, 0) is 5.41 Å². The van der Waals surface area contributed by atoms with Crippen molar-refractivity contribution in [1.82, 2.24) is 0 Å². The molecule has 2 rings (SSSR count). The third-order valence-corrected chi connectivity index (χ3v) is 5.69.